The summed E-state index contributed by atoms with van der Waals surface area (Å²) in [6.07, 6.45) is 22.2. The Morgan fingerprint density at radius 2 is 1.21 bits per heavy atom. The molecule has 1 heterocycles. The Labute approximate surface area is 286 Å². The smallest absolute Gasteiger partial charge is 0.195 e. The Balaban J connectivity index is 1.08. The molecular weight excluding hydrogens is 603 g/mol. The van der Waals surface area contributed by atoms with E-state index in [9.17, 15) is 15.0 Å². The van der Waals surface area contributed by atoms with E-state index in [0.717, 1.165) is 39.4 Å². The van der Waals surface area contributed by atoms with Crippen LogP contribution >= 0.6 is 11.3 Å². The second-order valence-electron chi connectivity index (χ2n) is 12.8. The van der Waals surface area contributed by atoms with Gasteiger partial charge in [-0.25, -0.2) is 0 Å². The van der Waals surface area contributed by atoms with Gasteiger partial charge in [-0.3, -0.25) is 4.79 Å². The maximum Gasteiger partial charge on any atom is 0.195 e. The van der Waals surface area contributed by atoms with Crippen molar-refractivity contribution < 1.29 is 19.7 Å². The number of carbonyl (C=O) groups is 1. The zero-order valence-electron chi connectivity index (χ0n) is 28.4. The second-order valence-corrected chi connectivity index (χ2v) is 13.8. The number of carbonyl (C=O) groups excluding carboxylic acids is 1. The molecule has 5 nitrogen and oxygen atoms in total. The third-order valence-corrected chi connectivity index (χ3v) is 10.1. The molecule has 3 N–H and O–H groups in total. The zero-order valence-corrected chi connectivity index (χ0v) is 29.2. The lowest BCUT2D eigenvalue weighted by Gasteiger charge is -2.09. The number of benzene rings is 3. The van der Waals surface area contributed by atoms with E-state index in [4.69, 9.17) is 4.74 Å². The van der Waals surface area contributed by atoms with Crippen LogP contribution in [0.1, 0.15) is 126 Å². The Bertz CT molecular complexity index is 1460. The van der Waals surface area contributed by atoms with E-state index >= 15 is 0 Å². The van der Waals surface area contributed by atoms with Crippen LogP contribution in [-0.4, -0.2) is 35.7 Å². The summed E-state index contributed by atoms with van der Waals surface area (Å²) >= 11 is 1.46. The molecule has 0 saturated heterocycles. The van der Waals surface area contributed by atoms with Crippen molar-refractivity contribution in [3.05, 3.63) is 77.9 Å². The van der Waals surface area contributed by atoms with Crippen LogP contribution in [0.4, 0.5) is 0 Å². The Morgan fingerprint density at radius 3 is 1.81 bits per heavy atom. The van der Waals surface area contributed by atoms with E-state index in [1.807, 2.05) is 36.4 Å². The molecular formula is C41H55NO4S. The normalized spacial score (nSPS) is 11.3. The van der Waals surface area contributed by atoms with Crippen LogP contribution < -0.4 is 10.1 Å². The van der Waals surface area contributed by atoms with E-state index in [1.54, 1.807) is 30.3 Å². The van der Waals surface area contributed by atoms with E-state index in [1.165, 1.54) is 114 Å². The quantitative estimate of drug-likeness (QED) is 0.0516. The number of rotatable bonds is 24. The van der Waals surface area contributed by atoms with Gasteiger partial charge in [0.25, 0.3) is 0 Å². The monoisotopic (exact) mass is 657 g/mol. The molecule has 0 saturated carbocycles. The summed E-state index contributed by atoms with van der Waals surface area (Å²) < 4.78 is 6.77. The molecule has 0 aliphatic carbocycles. The summed E-state index contributed by atoms with van der Waals surface area (Å²) in [6, 6.07) is 19.3. The van der Waals surface area contributed by atoms with Gasteiger partial charge in [0.2, 0.25) is 0 Å². The zero-order chi connectivity index (χ0) is 33.1. The van der Waals surface area contributed by atoms with Gasteiger partial charge < -0.3 is 20.3 Å². The number of ether oxygens (including phenoxy) is 1. The molecule has 3 aromatic carbocycles. The highest BCUT2D eigenvalue weighted by atomic mass is 32.1. The number of nitrogens with one attached hydrogen (secondary N) is 1. The molecule has 0 aliphatic heterocycles. The van der Waals surface area contributed by atoms with Gasteiger partial charge in [-0.05, 0) is 85.3 Å². The van der Waals surface area contributed by atoms with E-state index in [2.05, 4.69) is 12.2 Å². The fourth-order valence-corrected chi connectivity index (χ4v) is 7.38. The molecule has 0 spiro atoms. The predicted molar refractivity (Wildman–Crippen MR) is 198 cm³/mol. The molecule has 254 valence electrons. The first-order valence-electron chi connectivity index (χ1n) is 18.1. The predicted octanol–water partition coefficient (Wildman–Crippen LogP) is 11.4. The fraction of sp³-hybridized carbons (Fsp3) is 0.488. The van der Waals surface area contributed by atoms with Crippen molar-refractivity contribution in [3.63, 3.8) is 0 Å². The van der Waals surface area contributed by atoms with Gasteiger partial charge in [-0.1, -0.05) is 103 Å². The van der Waals surface area contributed by atoms with Gasteiger partial charge in [0.1, 0.15) is 23.9 Å². The van der Waals surface area contributed by atoms with E-state index < -0.39 is 0 Å². The Morgan fingerprint density at radius 1 is 0.660 bits per heavy atom. The third kappa shape index (κ3) is 12.3. The highest BCUT2D eigenvalue weighted by Crippen LogP contribution is 2.41. The van der Waals surface area contributed by atoms with Crippen molar-refractivity contribution in [2.75, 3.05) is 19.7 Å². The molecule has 0 amide bonds. The van der Waals surface area contributed by atoms with Gasteiger partial charge in [-0.15, -0.1) is 11.3 Å². The van der Waals surface area contributed by atoms with Crippen LogP contribution in [-0.2, 0) is 0 Å². The summed E-state index contributed by atoms with van der Waals surface area (Å²) in [7, 11) is 0. The van der Waals surface area contributed by atoms with E-state index in [0.29, 0.717) is 17.7 Å². The Kier molecular flexibility index (Phi) is 16.1. The number of hydrogen-bond donors (Lipinski definition) is 3. The van der Waals surface area contributed by atoms with Crippen LogP contribution in [0, 0.1) is 0 Å². The lowest BCUT2D eigenvalue weighted by Crippen LogP contribution is -2.22. The topological polar surface area (TPSA) is 78.8 Å². The SMILES string of the molecule is CCCCCCCCCCCCCCCCCCNCCOc1ccc(C(=O)c2c(-c3ccc(O)cc3)sc3cc(O)ccc23)cc1. The summed E-state index contributed by atoms with van der Waals surface area (Å²) in [6.45, 7) is 4.68. The maximum absolute atomic E-state index is 13.8. The average Bonchev–Trinajstić information content (AvgIpc) is 3.46. The summed E-state index contributed by atoms with van der Waals surface area (Å²) in [4.78, 5) is 14.6. The lowest BCUT2D eigenvalue weighted by atomic mass is 9.97. The van der Waals surface area contributed by atoms with Crippen LogP contribution in [0.2, 0.25) is 0 Å². The first-order valence-corrected chi connectivity index (χ1v) is 18.9. The molecule has 4 aromatic rings. The van der Waals surface area contributed by atoms with E-state index in [-0.39, 0.29) is 17.3 Å². The van der Waals surface area contributed by atoms with Crippen molar-refractivity contribution in [1.82, 2.24) is 5.32 Å². The Hall–Kier alpha value is -3.35. The number of aromatic hydroxyl groups is 2. The van der Waals surface area contributed by atoms with Crippen LogP contribution in [0.15, 0.2) is 66.7 Å². The maximum atomic E-state index is 13.8. The molecule has 0 fully saturated rings. The average molecular weight is 658 g/mol. The number of fused-ring (bicyclic) bond motifs is 1. The van der Waals surface area contributed by atoms with Gasteiger partial charge in [0.05, 0.1) is 0 Å². The molecule has 1 aromatic heterocycles. The number of unbranched alkanes of at least 4 members (excludes halogenated alkanes) is 15. The van der Waals surface area contributed by atoms with Crippen molar-refractivity contribution in [2.24, 2.45) is 0 Å². The number of phenolic OH excluding ortho intramolecular Hbond substituents is 2. The van der Waals surface area contributed by atoms with Crippen LogP contribution in [0.25, 0.3) is 20.5 Å². The minimum Gasteiger partial charge on any atom is -0.508 e. The summed E-state index contributed by atoms with van der Waals surface area (Å²) in [5.41, 5.74) is 2.02. The molecule has 0 unspecified atom stereocenters. The lowest BCUT2D eigenvalue weighted by molar-refractivity contribution is 0.104. The number of thiophene rings is 1. The number of ketones is 1. The molecule has 0 atom stereocenters. The van der Waals surface area contributed by atoms with Gasteiger partial charge in [0, 0.05) is 32.6 Å². The minimum atomic E-state index is -0.0861. The van der Waals surface area contributed by atoms with Gasteiger partial charge in [0.15, 0.2) is 5.78 Å². The van der Waals surface area contributed by atoms with Crippen LogP contribution in [0.5, 0.6) is 17.2 Å². The molecule has 6 heteroatoms. The minimum absolute atomic E-state index is 0.0861. The molecule has 0 aliphatic rings. The van der Waals surface area contributed by atoms with Crippen molar-refractivity contribution in [3.8, 4) is 27.7 Å². The van der Waals surface area contributed by atoms with Gasteiger partial charge >= 0.3 is 0 Å². The molecule has 4 rings (SSSR count). The molecule has 0 radical (unpaired) electrons. The highest BCUT2D eigenvalue weighted by molar-refractivity contribution is 7.22. The largest absolute Gasteiger partial charge is 0.508 e. The summed E-state index contributed by atoms with van der Waals surface area (Å²) in [5, 5.41) is 24.1. The first-order chi connectivity index (χ1) is 23.1. The fourth-order valence-electron chi connectivity index (χ4n) is 6.14. The molecule has 0 bridgehead atoms. The molecule has 47 heavy (non-hydrogen) atoms. The van der Waals surface area contributed by atoms with Gasteiger partial charge in [-0.2, -0.15) is 0 Å². The van der Waals surface area contributed by atoms with Crippen LogP contribution in [0.3, 0.4) is 0 Å². The van der Waals surface area contributed by atoms with Crippen molar-refractivity contribution in [2.45, 2.75) is 110 Å². The third-order valence-electron chi connectivity index (χ3n) is 8.90. The standard InChI is InChI=1S/C41H55NO4S/c1-2-3-4-5-6-7-8-9-10-11-12-13-14-15-16-17-28-42-29-30-46-36-25-20-32(21-26-36)40(45)39-37-27-24-35(44)31-38(37)47-41(39)33-18-22-34(43)23-19-33/h18-27,31,42-44H,2-17,28-30H2,1H3. The number of phenols is 2. The summed E-state index contributed by atoms with van der Waals surface area (Å²) in [5.74, 6) is 0.990. The second kappa shape index (κ2) is 20.8. The highest BCUT2D eigenvalue weighted by Gasteiger charge is 2.22. The van der Waals surface area contributed by atoms with Crippen molar-refractivity contribution >= 4 is 27.2 Å². The van der Waals surface area contributed by atoms with Crippen molar-refractivity contribution in [1.29, 1.82) is 0 Å². The first kappa shape index (κ1) is 36.5. The number of hydrogen-bond acceptors (Lipinski definition) is 6.